The molecule has 0 spiro atoms. The highest BCUT2D eigenvalue weighted by molar-refractivity contribution is 5.55. The Morgan fingerprint density at radius 1 is 1.08 bits per heavy atom. The fourth-order valence-electron chi connectivity index (χ4n) is 2.36. The molecule has 9 heteroatoms. The fraction of sp³-hybridized carbons (Fsp3) is 0.500. The number of likely N-dealkylation sites (N-methyl/N-ethyl adjacent to an activating group) is 1. The van der Waals surface area contributed by atoms with Gasteiger partial charge in [0.25, 0.3) is 0 Å². The molecule has 0 bridgehead atoms. The number of morpholine rings is 1. The van der Waals surface area contributed by atoms with E-state index in [2.05, 4.69) is 40.4 Å². The van der Waals surface area contributed by atoms with Gasteiger partial charge in [-0.15, -0.1) is 0 Å². The van der Waals surface area contributed by atoms with Crippen molar-refractivity contribution in [2.24, 2.45) is 0 Å². The zero-order chi connectivity index (χ0) is 17.5. The molecule has 25 heavy (non-hydrogen) atoms. The van der Waals surface area contributed by atoms with Gasteiger partial charge in [-0.05, 0) is 26.2 Å². The van der Waals surface area contributed by atoms with E-state index >= 15 is 0 Å². The Morgan fingerprint density at radius 3 is 2.52 bits per heavy atom. The van der Waals surface area contributed by atoms with Crippen LogP contribution in [0.3, 0.4) is 0 Å². The highest BCUT2D eigenvalue weighted by Gasteiger charge is 2.16. The number of pyridine rings is 1. The molecule has 2 aromatic heterocycles. The fourth-order valence-corrected chi connectivity index (χ4v) is 2.36. The van der Waals surface area contributed by atoms with Crippen LogP contribution in [0.1, 0.15) is 0 Å². The van der Waals surface area contributed by atoms with Gasteiger partial charge in [-0.1, -0.05) is 0 Å². The molecule has 1 fully saturated rings. The number of nitrogens with zero attached hydrogens (tertiary/aromatic N) is 6. The number of rotatable bonds is 7. The van der Waals surface area contributed by atoms with E-state index in [0.717, 1.165) is 31.9 Å². The van der Waals surface area contributed by atoms with Crippen molar-refractivity contribution >= 4 is 23.5 Å². The molecule has 2 N–H and O–H groups in total. The molecule has 1 aliphatic rings. The van der Waals surface area contributed by atoms with E-state index in [-0.39, 0.29) is 0 Å². The molecular weight excluding hydrogens is 320 g/mol. The number of ether oxygens (including phenoxy) is 1. The molecule has 0 atom stereocenters. The number of nitrogens with one attached hydrogen (secondary N) is 2. The maximum atomic E-state index is 5.41. The molecule has 0 unspecified atom stereocenters. The van der Waals surface area contributed by atoms with Crippen LogP contribution >= 0.6 is 0 Å². The minimum Gasteiger partial charge on any atom is -0.378 e. The summed E-state index contributed by atoms with van der Waals surface area (Å²) < 4.78 is 5.41. The number of aromatic nitrogens is 4. The zero-order valence-electron chi connectivity index (χ0n) is 14.6. The van der Waals surface area contributed by atoms with Crippen LogP contribution in [0, 0.1) is 0 Å². The van der Waals surface area contributed by atoms with Crippen LogP contribution in [0.2, 0.25) is 0 Å². The lowest BCUT2D eigenvalue weighted by molar-refractivity contribution is 0.122. The first kappa shape index (κ1) is 17.3. The average molecular weight is 344 g/mol. The van der Waals surface area contributed by atoms with Gasteiger partial charge in [0, 0.05) is 44.3 Å². The summed E-state index contributed by atoms with van der Waals surface area (Å²) >= 11 is 0. The van der Waals surface area contributed by atoms with Crippen molar-refractivity contribution in [3.8, 4) is 0 Å². The largest absolute Gasteiger partial charge is 0.378 e. The Balaban J connectivity index is 1.79. The van der Waals surface area contributed by atoms with Crippen molar-refractivity contribution in [1.82, 2.24) is 24.8 Å². The maximum Gasteiger partial charge on any atom is 0.233 e. The standard InChI is InChI=1S/C16H24N8O/c1-23(2)8-7-18-14-20-15(19-13-3-5-17-6-4-13)22-16(21-14)24-9-11-25-12-10-24/h3-6H,7-12H2,1-2H3,(H2,17,18,19,20,21,22). The predicted octanol–water partition coefficient (Wildman–Crippen LogP) is 0.820. The van der Waals surface area contributed by atoms with Crippen LogP contribution in [0.25, 0.3) is 0 Å². The highest BCUT2D eigenvalue weighted by atomic mass is 16.5. The van der Waals surface area contributed by atoms with Gasteiger partial charge in [-0.3, -0.25) is 4.98 Å². The van der Waals surface area contributed by atoms with Gasteiger partial charge >= 0.3 is 0 Å². The quantitative estimate of drug-likeness (QED) is 0.757. The molecule has 1 saturated heterocycles. The third-order valence-electron chi connectivity index (χ3n) is 3.70. The topological polar surface area (TPSA) is 91.3 Å². The highest BCUT2D eigenvalue weighted by Crippen LogP contribution is 2.18. The van der Waals surface area contributed by atoms with Gasteiger partial charge in [-0.2, -0.15) is 15.0 Å². The molecule has 0 amide bonds. The number of hydrogen-bond acceptors (Lipinski definition) is 9. The summed E-state index contributed by atoms with van der Waals surface area (Å²) in [4.78, 5) is 21.8. The smallest absolute Gasteiger partial charge is 0.233 e. The predicted molar refractivity (Wildman–Crippen MR) is 97.4 cm³/mol. The molecule has 3 rings (SSSR count). The van der Waals surface area contributed by atoms with Gasteiger partial charge in [0.15, 0.2) is 0 Å². The monoisotopic (exact) mass is 344 g/mol. The molecule has 0 radical (unpaired) electrons. The Morgan fingerprint density at radius 2 is 1.80 bits per heavy atom. The van der Waals surface area contributed by atoms with Crippen LogP contribution in [-0.4, -0.2) is 78.3 Å². The normalized spacial score (nSPS) is 14.6. The van der Waals surface area contributed by atoms with Gasteiger partial charge < -0.3 is 25.2 Å². The molecule has 0 aromatic carbocycles. The lowest BCUT2D eigenvalue weighted by Gasteiger charge is -2.27. The molecule has 3 heterocycles. The summed E-state index contributed by atoms with van der Waals surface area (Å²) in [6.07, 6.45) is 3.45. The maximum absolute atomic E-state index is 5.41. The minimum atomic E-state index is 0.509. The SMILES string of the molecule is CN(C)CCNc1nc(Nc2ccncc2)nc(N2CCOCC2)n1. The lowest BCUT2D eigenvalue weighted by atomic mass is 10.4. The zero-order valence-corrected chi connectivity index (χ0v) is 14.6. The first-order valence-corrected chi connectivity index (χ1v) is 8.35. The van der Waals surface area contributed by atoms with Crippen molar-refractivity contribution in [2.75, 3.05) is 69.0 Å². The third kappa shape index (κ3) is 5.23. The second-order valence-corrected chi connectivity index (χ2v) is 5.97. The van der Waals surface area contributed by atoms with Gasteiger partial charge in [0.1, 0.15) is 0 Å². The van der Waals surface area contributed by atoms with Crippen LogP contribution in [0.15, 0.2) is 24.5 Å². The minimum absolute atomic E-state index is 0.509. The molecule has 1 aliphatic heterocycles. The summed E-state index contributed by atoms with van der Waals surface area (Å²) in [5.74, 6) is 1.73. The molecule has 9 nitrogen and oxygen atoms in total. The van der Waals surface area contributed by atoms with Gasteiger partial charge in [0.2, 0.25) is 17.8 Å². The van der Waals surface area contributed by atoms with Crippen LogP contribution in [0.4, 0.5) is 23.5 Å². The van der Waals surface area contributed by atoms with E-state index < -0.39 is 0 Å². The Bertz CT molecular complexity index is 660. The van der Waals surface area contributed by atoms with Crippen molar-refractivity contribution in [3.63, 3.8) is 0 Å². The molecule has 134 valence electrons. The Kier molecular flexibility index (Phi) is 5.91. The van der Waals surface area contributed by atoms with Crippen molar-refractivity contribution < 1.29 is 4.74 Å². The summed E-state index contributed by atoms with van der Waals surface area (Å²) in [6.45, 7) is 4.57. The number of anilines is 4. The van der Waals surface area contributed by atoms with Crippen molar-refractivity contribution in [2.45, 2.75) is 0 Å². The van der Waals surface area contributed by atoms with E-state index in [1.54, 1.807) is 12.4 Å². The van der Waals surface area contributed by atoms with Crippen LogP contribution in [-0.2, 0) is 4.74 Å². The average Bonchev–Trinajstić information content (AvgIpc) is 2.63. The summed E-state index contributed by atoms with van der Waals surface area (Å²) in [5.41, 5.74) is 0.883. The lowest BCUT2D eigenvalue weighted by Crippen LogP contribution is -2.37. The van der Waals surface area contributed by atoms with Gasteiger partial charge in [0.05, 0.1) is 13.2 Å². The van der Waals surface area contributed by atoms with Crippen LogP contribution in [0.5, 0.6) is 0 Å². The second-order valence-electron chi connectivity index (χ2n) is 5.97. The number of hydrogen-bond donors (Lipinski definition) is 2. The molecular formula is C16H24N8O. The molecule has 0 saturated carbocycles. The Labute approximate surface area is 147 Å². The summed E-state index contributed by atoms with van der Waals surface area (Å²) in [5, 5.41) is 6.48. The Hall–Kier alpha value is -2.52. The van der Waals surface area contributed by atoms with E-state index in [1.807, 2.05) is 26.2 Å². The van der Waals surface area contributed by atoms with Crippen LogP contribution < -0.4 is 15.5 Å². The first-order valence-electron chi connectivity index (χ1n) is 8.35. The van der Waals surface area contributed by atoms with E-state index in [9.17, 15) is 0 Å². The van der Waals surface area contributed by atoms with Crippen molar-refractivity contribution in [1.29, 1.82) is 0 Å². The van der Waals surface area contributed by atoms with Gasteiger partial charge in [-0.25, -0.2) is 0 Å². The first-order chi connectivity index (χ1) is 12.2. The van der Waals surface area contributed by atoms with E-state index in [0.29, 0.717) is 31.1 Å². The summed E-state index contributed by atoms with van der Waals surface area (Å²) in [7, 11) is 4.06. The van der Waals surface area contributed by atoms with E-state index in [1.165, 1.54) is 0 Å². The second kappa shape index (κ2) is 8.54. The van der Waals surface area contributed by atoms with Crippen molar-refractivity contribution in [3.05, 3.63) is 24.5 Å². The summed E-state index contributed by atoms with van der Waals surface area (Å²) in [6, 6.07) is 3.74. The molecule has 0 aliphatic carbocycles. The van der Waals surface area contributed by atoms with E-state index in [4.69, 9.17) is 4.74 Å². The third-order valence-corrected chi connectivity index (χ3v) is 3.70. The molecule has 2 aromatic rings.